The number of carbonyl (C=O) groups is 1. The van der Waals surface area contributed by atoms with Gasteiger partial charge in [-0.3, -0.25) is 14.3 Å². The molecule has 2 aliphatic rings. The van der Waals surface area contributed by atoms with Crippen LogP contribution in [0, 0.1) is 0 Å². The molecule has 2 aliphatic heterocycles. The highest BCUT2D eigenvalue weighted by Gasteiger charge is 2.21. The normalized spacial score (nSPS) is 15.9. The summed E-state index contributed by atoms with van der Waals surface area (Å²) in [5.74, 6) is 0.797. The Morgan fingerprint density at radius 1 is 1.14 bits per heavy atom. The number of benzene rings is 2. The van der Waals surface area contributed by atoms with E-state index in [2.05, 4.69) is 4.90 Å². The third-order valence-corrected chi connectivity index (χ3v) is 7.25. The maximum atomic E-state index is 13.4. The minimum absolute atomic E-state index is 0.0525. The van der Waals surface area contributed by atoms with Gasteiger partial charge in [0, 0.05) is 43.1 Å². The molecule has 10 heteroatoms. The van der Waals surface area contributed by atoms with Crippen LogP contribution >= 0.6 is 11.8 Å². The largest absolute Gasteiger partial charge is 0.467 e. The molecule has 0 saturated carbocycles. The van der Waals surface area contributed by atoms with E-state index in [1.54, 1.807) is 23.6 Å². The van der Waals surface area contributed by atoms with Crippen molar-refractivity contribution in [3.05, 3.63) is 63.4 Å². The molecule has 36 heavy (non-hydrogen) atoms. The monoisotopic (exact) mass is 511 g/mol. The van der Waals surface area contributed by atoms with Crippen molar-refractivity contribution in [2.24, 2.45) is 0 Å². The number of morpholine rings is 1. The highest BCUT2D eigenvalue weighted by Crippen LogP contribution is 2.34. The Hall–Kier alpha value is -2.92. The molecular formula is C26H29N3O6S. The molecule has 0 amide bonds. The topological polar surface area (TPSA) is 92.1 Å². The molecule has 0 atom stereocenters. The Kier molecular flexibility index (Phi) is 7.86. The Balaban J connectivity index is 1.46. The van der Waals surface area contributed by atoms with E-state index in [-0.39, 0.29) is 18.3 Å². The SMILES string of the molecule is CCOC(=O)c1cc2c(c(CSc3nc4ccccc4c(=O)n3CCN3CCOCC3)c1)OCOC2. The van der Waals surface area contributed by atoms with Gasteiger partial charge in [-0.25, -0.2) is 9.78 Å². The minimum atomic E-state index is -0.386. The smallest absolute Gasteiger partial charge is 0.338 e. The van der Waals surface area contributed by atoms with E-state index in [1.807, 2.05) is 24.3 Å². The van der Waals surface area contributed by atoms with Crippen LogP contribution in [-0.4, -0.2) is 66.7 Å². The summed E-state index contributed by atoms with van der Waals surface area (Å²) < 4.78 is 23.6. The van der Waals surface area contributed by atoms with Gasteiger partial charge >= 0.3 is 5.97 Å². The third kappa shape index (κ3) is 5.41. The lowest BCUT2D eigenvalue weighted by molar-refractivity contribution is -0.0169. The molecule has 0 aliphatic carbocycles. The van der Waals surface area contributed by atoms with Crippen LogP contribution in [0.1, 0.15) is 28.4 Å². The number of thioether (sulfide) groups is 1. The lowest BCUT2D eigenvalue weighted by Gasteiger charge is -2.27. The molecule has 0 spiro atoms. The summed E-state index contributed by atoms with van der Waals surface area (Å²) in [6, 6.07) is 11.0. The quantitative estimate of drug-likeness (QED) is 0.257. The summed E-state index contributed by atoms with van der Waals surface area (Å²) in [6.07, 6.45) is 0. The van der Waals surface area contributed by atoms with Crippen LogP contribution in [-0.2, 0) is 33.1 Å². The summed E-state index contributed by atoms with van der Waals surface area (Å²) in [6.45, 7) is 6.98. The number of nitrogens with zero attached hydrogens (tertiary/aromatic N) is 3. The molecule has 0 unspecified atom stereocenters. The molecule has 0 N–H and O–H groups in total. The number of hydrogen-bond acceptors (Lipinski definition) is 9. The second-order valence-electron chi connectivity index (χ2n) is 8.57. The van der Waals surface area contributed by atoms with Crippen molar-refractivity contribution in [2.45, 2.75) is 31.0 Å². The van der Waals surface area contributed by atoms with Crippen LogP contribution in [0.3, 0.4) is 0 Å². The van der Waals surface area contributed by atoms with Crippen molar-refractivity contribution < 1.29 is 23.7 Å². The molecule has 0 radical (unpaired) electrons. The molecule has 3 aromatic rings. The standard InChI is InChI=1S/C26H29N3O6S/c1-2-34-25(31)18-13-19-15-33-17-35-23(19)20(14-18)16-36-26-27-22-6-4-3-5-21(22)24(30)29(26)8-7-28-9-11-32-12-10-28/h3-6,13-14H,2,7-12,15-17H2,1H3. The number of carbonyl (C=O) groups excluding carboxylic acids is 1. The number of rotatable bonds is 8. The van der Waals surface area contributed by atoms with Gasteiger partial charge in [-0.1, -0.05) is 23.9 Å². The van der Waals surface area contributed by atoms with Crippen molar-refractivity contribution in [1.29, 1.82) is 0 Å². The maximum absolute atomic E-state index is 13.4. The number of esters is 1. The van der Waals surface area contributed by atoms with Crippen LogP contribution in [0.2, 0.25) is 0 Å². The first kappa shape index (κ1) is 24.8. The van der Waals surface area contributed by atoms with Gasteiger partial charge in [0.25, 0.3) is 5.56 Å². The van der Waals surface area contributed by atoms with Gasteiger partial charge in [0.15, 0.2) is 11.9 Å². The molecule has 5 rings (SSSR count). The average molecular weight is 512 g/mol. The van der Waals surface area contributed by atoms with Gasteiger partial charge in [0.05, 0.1) is 42.9 Å². The number of para-hydroxylation sites is 1. The van der Waals surface area contributed by atoms with Gasteiger partial charge in [0.1, 0.15) is 5.75 Å². The van der Waals surface area contributed by atoms with Gasteiger partial charge in [-0.2, -0.15) is 0 Å². The predicted molar refractivity (Wildman–Crippen MR) is 136 cm³/mol. The highest BCUT2D eigenvalue weighted by atomic mass is 32.2. The number of hydrogen-bond donors (Lipinski definition) is 0. The zero-order valence-corrected chi connectivity index (χ0v) is 21.1. The van der Waals surface area contributed by atoms with Crippen molar-refractivity contribution in [3.8, 4) is 5.75 Å². The van der Waals surface area contributed by atoms with Crippen molar-refractivity contribution in [2.75, 3.05) is 46.2 Å². The molecule has 9 nitrogen and oxygen atoms in total. The van der Waals surface area contributed by atoms with Gasteiger partial charge in [-0.15, -0.1) is 0 Å². The van der Waals surface area contributed by atoms with Gasteiger partial charge < -0.3 is 18.9 Å². The first-order valence-electron chi connectivity index (χ1n) is 12.1. The molecule has 2 aromatic carbocycles. The van der Waals surface area contributed by atoms with E-state index in [1.165, 1.54) is 11.8 Å². The Labute approximate surface area is 213 Å². The highest BCUT2D eigenvalue weighted by molar-refractivity contribution is 7.98. The molecule has 1 fully saturated rings. The van der Waals surface area contributed by atoms with Crippen LogP contribution in [0.5, 0.6) is 5.75 Å². The predicted octanol–water partition coefficient (Wildman–Crippen LogP) is 3.06. The molecule has 3 heterocycles. The number of ether oxygens (including phenoxy) is 4. The lowest BCUT2D eigenvalue weighted by atomic mass is 10.0. The molecule has 1 aromatic heterocycles. The van der Waals surface area contributed by atoms with Gasteiger partial charge in [0.2, 0.25) is 0 Å². The maximum Gasteiger partial charge on any atom is 0.338 e. The Bertz CT molecular complexity index is 1300. The second kappa shape index (κ2) is 11.4. The molecular weight excluding hydrogens is 482 g/mol. The van der Waals surface area contributed by atoms with Crippen LogP contribution < -0.4 is 10.3 Å². The fraction of sp³-hybridized carbons (Fsp3) is 0.423. The molecule has 0 bridgehead atoms. The Morgan fingerprint density at radius 3 is 2.81 bits per heavy atom. The summed E-state index contributed by atoms with van der Waals surface area (Å²) in [5, 5.41) is 1.24. The van der Waals surface area contributed by atoms with E-state index in [9.17, 15) is 9.59 Å². The van der Waals surface area contributed by atoms with Crippen molar-refractivity contribution >= 4 is 28.6 Å². The number of fused-ring (bicyclic) bond motifs is 2. The summed E-state index contributed by atoms with van der Waals surface area (Å²) in [4.78, 5) is 33.0. The minimum Gasteiger partial charge on any atom is -0.467 e. The molecule has 190 valence electrons. The fourth-order valence-corrected chi connectivity index (χ4v) is 5.39. The van der Waals surface area contributed by atoms with E-state index in [0.717, 1.165) is 30.8 Å². The van der Waals surface area contributed by atoms with Crippen molar-refractivity contribution in [1.82, 2.24) is 14.5 Å². The summed E-state index contributed by atoms with van der Waals surface area (Å²) in [5.41, 5.74) is 2.71. The Morgan fingerprint density at radius 2 is 1.97 bits per heavy atom. The third-order valence-electron chi connectivity index (χ3n) is 6.22. The first-order valence-corrected chi connectivity index (χ1v) is 13.1. The van der Waals surface area contributed by atoms with E-state index < -0.39 is 0 Å². The first-order chi connectivity index (χ1) is 17.6. The zero-order chi connectivity index (χ0) is 24.9. The lowest BCUT2D eigenvalue weighted by Crippen LogP contribution is -2.39. The van der Waals surface area contributed by atoms with E-state index in [0.29, 0.717) is 66.1 Å². The average Bonchev–Trinajstić information content (AvgIpc) is 2.92. The zero-order valence-electron chi connectivity index (χ0n) is 20.2. The van der Waals surface area contributed by atoms with Crippen LogP contribution in [0.15, 0.2) is 46.3 Å². The summed E-state index contributed by atoms with van der Waals surface area (Å²) >= 11 is 1.46. The number of aromatic nitrogens is 2. The fourth-order valence-electron chi connectivity index (χ4n) is 4.40. The summed E-state index contributed by atoms with van der Waals surface area (Å²) in [7, 11) is 0. The molecule has 1 saturated heterocycles. The van der Waals surface area contributed by atoms with Gasteiger partial charge in [-0.05, 0) is 31.2 Å². The van der Waals surface area contributed by atoms with E-state index in [4.69, 9.17) is 23.9 Å². The van der Waals surface area contributed by atoms with E-state index >= 15 is 0 Å². The van der Waals surface area contributed by atoms with Crippen LogP contribution in [0.4, 0.5) is 0 Å². The van der Waals surface area contributed by atoms with Crippen molar-refractivity contribution in [3.63, 3.8) is 0 Å². The second-order valence-corrected chi connectivity index (χ2v) is 9.51. The van der Waals surface area contributed by atoms with Crippen LogP contribution in [0.25, 0.3) is 10.9 Å².